The lowest BCUT2D eigenvalue weighted by molar-refractivity contribution is -0.142. The molecule has 6 nitrogen and oxygen atoms in total. The van der Waals surface area contributed by atoms with E-state index >= 15 is 0 Å². The van der Waals surface area contributed by atoms with Gasteiger partial charge in [-0.25, -0.2) is 14.4 Å². The number of aromatic amines is 1. The van der Waals surface area contributed by atoms with Crippen LogP contribution in [0.2, 0.25) is 0 Å². The zero-order valence-electron chi connectivity index (χ0n) is 19.0. The summed E-state index contributed by atoms with van der Waals surface area (Å²) in [6, 6.07) is 16.4. The first kappa shape index (κ1) is 22.1. The Morgan fingerprint density at radius 3 is 2.56 bits per heavy atom. The number of rotatable bonds is 6. The Bertz CT molecular complexity index is 1260. The number of aromatic nitrogens is 3. The van der Waals surface area contributed by atoms with Gasteiger partial charge in [0.1, 0.15) is 17.7 Å². The molecule has 0 radical (unpaired) electrons. The van der Waals surface area contributed by atoms with Crippen LogP contribution in [0.1, 0.15) is 32.1 Å². The summed E-state index contributed by atoms with van der Waals surface area (Å²) in [7, 11) is 1.43. The molecule has 0 bridgehead atoms. The Morgan fingerprint density at radius 2 is 1.85 bits per heavy atom. The number of nitrogens with one attached hydrogen (secondary N) is 1. The summed E-state index contributed by atoms with van der Waals surface area (Å²) >= 11 is 0. The normalized spacial score (nSPS) is 18.1. The lowest BCUT2D eigenvalue weighted by Crippen LogP contribution is -2.25. The van der Waals surface area contributed by atoms with Crippen molar-refractivity contribution in [2.24, 2.45) is 5.92 Å². The van der Waals surface area contributed by atoms with Crippen molar-refractivity contribution in [1.82, 2.24) is 15.0 Å². The first-order chi connectivity index (χ1) is 16.6. The maximum Gasteiger partial charge on any atom is 0.305 e. The summed E-state index contributed by atoms with van der Waals surface area (Å²) in [6.45, 7) is 0. The number of pyridine rings is 1. The number of nitrogens with zero attached hydrogens (tertiary/aromatic N) is 2. The van der Waals surface area contributed by atoms with Crippen molar-refractivity contribution in [1.29, 1.82) is 0 Å². The van der Waals surface area contributed by atoms with Gasteiger partial charge in [0, 0.05) is 24.2 Å². The van der Waals surface area contributed by atoms with E-state index in [2.05, 4.69) is 15.0 Å². The highest BCUT2D eigenvalue weighted by Crippen LogP contribution is 2.31. The van der Waals surface area contributed by atoms with Crippen LogP contribution in [0.4, 0.5) is 4.39 Å². The van der Waals surface area contributed by atoms with Crippen LogP contribution in [-0.2, 0) is 9.53 Å². The molecule has 0 aliphatic heterocycles. The maximum absolute atomic E-state index is 14.9. The molecule has 0 spiro atoms. The number of carbonyl (C=O) groups excluding carboxylic acids is 1. The number of hydrogen-bond donors (Lipinski definition) is 1. The van der Waals surface area contributed by atoms with Gasteiger partial charge in [-0.3, -0.25) is 4.79 Å². The van der Waals surface area contributed by atoms with Crippen LogP contribution in [0.25, 0.3) is 33.5 Å². The van der Waals surface area contributed by atoms with Crippen molar-refractivity contribution in [2.75, 3.05) is 7.11 Å². The van der Waals surface area contributed by atoms with Crippen molar-refractivity contribution in [3.63, 3.8) is 0 Å². The van der Waals surface area contributed by atoms with Crippen molar-refractivity contribution >= 4 is 17.0 Å². The largest absolute Gasteiger partial charge is 0.474 e. The molecule has 1 fully saturated rings. The lowest BCUT2D eigenvalue weighted by Gasteiger charge is -2.28. The van der Waals surface area contributed by atoms with Gasteiger partial charge in [0.25, 0.3) is 0 Å². The van der Waals surface area contributed by atoms with E-state index in [9.17, 15) is 9.18 Å². The number of H-pyrrole nitrogens is 1. The van der Waals surface area contributed by atoms with E-state index in [-0.39, 0.29) is 17.9 Å². The van der Waals surface area contributed by atoms with Crippen LogP contribution in [0.3, 0.4) is 0 Å². The average molecular weight is 460 g/mol. The Morgan fingerprint density at radius 1 is 1.06 bits per heavy atom. The molecule has 1 N–H and O–H groups in total. The summed E-state index contributed by atoms with van der Waals surface area (Å²) in [4.78, 5) is 23.5. The predicted molar refractivity (Wildman–Crippen MR) is 128 cm³/mol. The fraction of sp³-hybridized carbons (Fsp3) is 0.296. The van der Waals surface area contributed by atoms with Crippen molar-refractivity contribution < 1.29 is 18.7 Å². The second-order valence-electron chi connectivity index (χ2n) is 8.72. The zero-order chi connectivity index (χ0) is 23.5. The van der Waals surface area contributed by atoms with Gasteiger partial charge < -0.3 is 14.5 Å². The van der Waals surface area contributed by atoms with Gasteiger partial charge in [-0.2, -0.15) is 0 Å². The fourth-order valence-corrected chi connectivity index (χ4v) is 4.53. The summed E-state index contributed by atoms with van der Waals surface area (Å²) in [5.41, 5.74) is 3.65. The Hall–Kier alpha value is -3.74. The highest BCUT2D eigenvalue weighted by atomic mass is 19.1. The number of ether oxygens (including phenoxy) is 2. The zero-order valence-corrected chi connectivity index (χ0v) is 19.0. The van der Waals surface area contributed by atoms with Crippen LogP contribution >= 0.6 is 0 Å². The smallest absolute Gasteiger partial charge is 0.305 e. The molecule has 0 amide bonds. The first-order valence-electron chi connectivity index (χ1n) is 11.5. The highest BCUT2D eigenvalue weighted by molar-refractivity contribution is 5.80. The summed E-state index contributed by atoms with van der Waals surface area (Å²) in [6.07, 6.45) is 5.92. The molecule has 2 heterocycles. The van der Waals surface area contributed by atoms with Gasteiger partial charge in [0.2, 0.25) is 5.88 Å². The van der Waals surface area contributed by atoms with Crippen molar-refractivity contribution in [2.45, 2.75) is 38.2 Å². The van der Waals surface area contributed by atoms with E-state index in [1.807, 2.05) is 42.5 Å². The molecule has 0 unspecified atom stereocenters. The van der Waals surface area contributed by atoms with Gasteiger partial charge in [0.15, 0.2) is 0 Å². The predicted octanol–water partition coefficient (Wildman–Crippen LogP) is 5.93. The molecule has 1 saturated carbocycles. The molecule has 174 valence electrons. The molecular formula is C27H26FN3O3. The molecule has 0 saturated heterocycles. The Kier molecular flexibility index (Phi) is 6.25. The molecular weight excluding hydrogens is 433 g/mol. The van der Waals surface area contributed by atoms with Gasteiger partial charge in [0.05, 0.1) is 23.7 Å². The van der Waals surface area contributed by atoms with Crippen LogP contribution in [-0.4, -0.2) is 34.1 Å². The molecule has 1 aliphatic rings. The molecule has 1 aliphatic carbocycles. The quantitative estimate of drug-likeness (QED) is 0.362. The van der Waals surface area contributed by atoms with Crippen LogP contribution in [0.5, 0.6) is 5.88 Å². The number of imidazole rings is 1. The molecule has 2 aromatic carbocycles. The minimum Gasteiger partial charge on any atom is -0.474 e. The van der Waals surface area contributed by atoms with Crippen LogP contribution in [0.15, 0.2) is 60.8 Å². The molecule has 0 atom stereocenters. The fourth-order valence-electron chi connectivity index (χ4n) is 4.53. The monoisotopic (exact) mass is 459 g/mol. The number of para-hydroxylation sites is 2. The van der Waals surface area contributed by atoms with Gasteiger partial charge >= 0.3 is 5.97 Å². The highest BCUT2D eigenvalue weighted by Gasteiger charge is 2.24. The maximum atomic E-state index is 14.9. The number of fused-ring (bicyclic) bond motifs is 1. The van der Waals surface area contributed by atoms with E-state index in [0.29, 0.717) is 29.6 Å². The number of esters is 1. The van der Waals surface area contributed by atoms with Crippen molar-refractivity contribution in [3.05, 3.63) is 66.6 Å². The standard InChI is InChI=1S/C27H26FN3O3/c1-33-26(32)14-17-6-10-20(11-7-17)34-25-13-9-19(16-29-25)18-8-12-21(22(28)15-18)27-30-23-4-2-3-5-24(23)31-27/h2-5,8-9,12-13,15-17,20H,6-7,10-11,14H2,1H3,(H,30,31). The average Bonchev–Trinajstić information content (AvgIpc) is 3.29. The van der Waals surface area contributed by atoms with Gasteiger partial charge in [-0.05, 0) is 67.5 Å². The van der Waals surface area contributed by atoms with E-state index in [4.69, 9.17) is 9.47 Å². The summed E-state index contributed by atoms with van der Waals surface area (Å²) in [5, 5.41) is 0. The number of hydrogen-bond acceptors (Lipinski definition) is 5. The number of halogens is 1. The van der Waals surface area contributed by atoms with Crippen molar-refractivity contribution in [3.8, 4) is 28.4 Å². The molecule has 34 heavy (non-hydrogen) atoms. The van der Waals surface area contributed by atoms with E-state index in [0.717, 1.165) is 47.8 Å². The molecule has 2 aromatic heterocycles. The minimum atomic E-state index is -0.347. The molecule has 7 heteroatoms. The number of carbonyl (C=O) groups is 1. The van der Waals surface area contributed by atoms with E-state index in [1.54, 1.807) is 12.3 Å². The van der Waals surface area contributed by atoms with E-state index in [1.165, 1.54) is 13.2 Å². The SMILES string of the molecule is COC(=O)CC1CCC(Oc2ccc(-c3ccc(-c4nc5ccccc5[nH]4)c(F)c3)cn2)CC1. The lowest BCUT2D eigenvalue weighted by atomic mass is 9.85. The second kappa shape index (κ2) is 9.63. The topological polar surface area (TPSA) is 77.1 Å². The summed E-state index contributed by atoms with van der Waals surface area (Å²) < 4.78 is 25.7. The van der Waals surface area contributed by atoms with Gasteiger partial charge in [-0.1, -0.05) is 18.2 Å². The minimum absolute atomic E-state index is 0.0905. The third-order valence-electron chi connectivity index (χ3n) is 6.45. The van der Waals surface area contributed by atoms with Gasteiger partial charge in [-0.15, -0.1) is 0 Å². The van der Waals surface area contributed by atoms with Crippen LogP contribution in [0, 0.1) is 11.7 Å². The van der Waals surface area contributed by atoms with Crippen LogP contribution < -0.4 is 4.74 Å². The Labute approximate surface area is 197 Å². The third-order valence-corrected chi connectivity index (χ3v) is 6.45. The summed E-state index contributed by atoms with van der Waals surface area (Å²) in [5.74, 6) is 0.928. The number of benzene rings is 2. The van der Waals surface area contributed by atoms with E-state index < -0.39 is 0 Å². The third kappa shape index (κ3) is 4.78. The number of methoxy groups -OCH3 is 1. The second-order valence-corrected chi connectivity index (χ2v) is 8.72. The molecule has 4 aromatic rings. The Balaban J connectivity index is 1.23. The first-order valence-corrected chi connectivity index (χ1v) is 11.5. The molecule has 5 rings (SSSR count).